The van der Waals surface area contributed by atoms with Crippen LogP contribution in [0, 0.1) is 0 Å². The number of piperidine rings is 1. The van der Waals surface area contributed by atoms with Gasteiger partial charge in [-0.2, -0.15) is 0 Å². The molecule has 0 unspecified atom stereocenters. The Morgan fingerprint density at radius 1 is 1.12 bits per heavy atom. The van der Waals surface area contributed by atoms with E-state index in [0.717, 1.165) is 37.2 Å². The normalized spacial score (nSPS) is 16.5. The summed E-state index contributed by atoms with van der Waals surface area (Å²) in [7, 11) is 0. The van der Waals surface area contributed by atoms with Crippen molar-refractivity contribution in [2.45, 2.75) is 31.4 Å². The van der Waals surface area contributed by atoms with Crippen molar-refractivity contribution in [3.63, 3.8) is 0 Å². The molecule has 32 heavy (non-hydrogen) atoms. The van der Waals surface area contributed by atoms with Gasteiger partial charge in [0.2, 0.25) is 6.41 Å². The van der Waals surface area contributed by atoms with Gasteiger partial charge in [-0.3, -0.25) is 9.59 Å². The Hall–Kier alpha value is -2.48. The minimum Gasteiger partial charge on any atom is -0.388 e. The maximum atomic E-state index is 12.5. The number of rotatable bonds is 4. The Morgan fingerprint density at radius 3 is 2.41 bits per heavy atom. The lowest BCUT2D eigenvalue weighted by molar-refractivity contribution is -0.115. The van der Waals surface area contributed by atoms with Gasteiger partial charge in [0.1, 0.15) is 11.3 Å². The predicted octanol–water partition coefficient (Wildman–Crippen LogP) is 4.18. The van der Waals surface area contributed by atoms with E-state index in [-0.39, 0.29) is 12.3 Å². The molecule has 170 valence electrons. The minimum atomic E-state index is -0.403. The predicted molar refractivity (Wildman–Crippen MR) is 127 cm³/mol. The molecule has 0 radical (unpaired) electrons. The highest BCUT2D eigenvalue weighted by Crippen LogP contribution is 2.37. The van der Waals surface area contributed by atoms with Crippen molar-refractivity contribution in [2.24, 2.45) is 10.9 Å². The third-order valence-electron chi connectivity index (χ3n) is 5.41. The number of carbonyl (C=O) groups is 2. The first kappa shape index (κ1) is 24.2. The third-order valence-corrected chi connectivity index (χ3v) is 6.40. The number of oxime groups is 1. The van der Waals surface area contributed by atoms with Gasteiger partial charge >= 0.3 is 0 Å². The minimum absolute atomic E-state index is 0.191. The van der Waals surface area contributed by atoms with Crippen molar-refractivity contribution in [2.75, 3.05) is 18.0 Å². The lowest BCUT2D eigenvalue weighted by atomic mass is 9.86. The summed E-state index contributed by atoms with van der Waals surface area (Å²) < 4.78 is 0. The zero-order chi connectivity index (χ0) is 23.1. The van der Waals surface area contributed by atoms with Crippen molar-refractivity contribution >= 4 is 58.5 Å². The Labute approximate surface area is 201 Å². The summed E-state index contributed by atoms with van der Waals surface area (Å²) >= 11 is 18.0. The molecule has 1 spiro atoms. The number of anilines is 1. The first-order chi connectivity index (χ1) is 15.4. The summed E-state index contributed by atoms with van der Waals surface area (Å²) in [5, 5.41) is 8.75. The quantitative estimate of drug-likeness (QED) is 0.619. The van der Waals surface area contributed by atoms with Crippen LogP contribution in [0.1, 0.15) is 24.8 Å². The average molecular weight is 498 g/mol. The van der Waals surface area contributed by atoms with Crippen LogP contribution in [-0.2, 0) is 21.0 Å². The maximum Gasteiger partial charge on any atom is 0.269 e. The van der Waals surface area contributed by atoms with E-state index in [1.54, 1.807) is 12.1 Å². The molecule has 2 aliphatic heterocycles. The molecule has 0 bridgehead atoms. The number of hydrogen-bond acceptors (Lipinski definition) is 5. The molecular formula is C22H23Cl3N4O3. The summed E-state index contributed by atoms with van der Waals surface area (Å²) in [5.74, 6) is -0.191. The number of benzene rings is 2. The van der Waals surface area contributed by atoms with E-state index >= 15 is 0 Å². The van der Waals surface area contributed by atoms with Gasteiger partial charge in [-0.15, -0.1) is 0 Å². The first-order valence-corrected chi connectivity index (χ1v) is 11.1. The number of halogens is 3. The second-order valence-electron chi connectivity index (χ2n) is 7.52. The van der Waals surface area contributed by atoms with Gasteiger partial charge < -0.3 is 20.8 Å². The van der Waals surface area contributed by atoms with E-state index in [2.05, 4.69) is 21.1 Å². The van der Waals surface area contributed by atoms with Crippen molar-refractivity contribution in [1.82, 2.24) is 5.32 Å². The van der Waals surface area contributed by atoms with Gasteiger partial charge in [-0.05, 0) is 35.9 Å². The van der Waals surface area contributed by atoms with Crippen LogP contribution in [-0.4, -0.2) is 36.7 Å². The van der Waals surface area contributed by atoms with Crippen LogP contribution in [0.3, 0.4) is 0 Å². The van der Waals surface area contributed by atoms with Gasteiger partial charge in [-0.1, -0.05) is 52.1 Å². The van der Waals surface area contributed by atoms with E-state index in [4.69, 9.17) is 44.4 Å². The van der Waals surface area contributed by atoms with Gasteiger partial charge in [-0.25, -0.2) is 0 Å². The topological polar surface area (TPSA) is 97.0 Å². The fourth-order valence-electron chi connectivity index (χ4n) is 3.65. The number of amides is 2. The highest BCUT2D eigenvalue weighted by atomic mass is 35.5. The van der Waals surface area contributed by atoms with Crippen LogP contribution in [0.5, 0.6) is 0 Å². The first-order valence-electron chi connectivity index (χ1n) is 9.99. The molecule has 2 heterocycles. The average Bonchev–Trinajstić information content (AvgIpc) is 3.20. The molecule has 0 aromatic heterocycles. The number of hydrogen-bond donors (Lipinski definition) is 2. The highest BCUT2D eigenvalue weighted by molar-refractivity contribution is 6.42. The fraction of sp³-hybridized carbons (Fsp3) is 0.318. The van der Waals surface area contributed by atoms with E-state index in [1.807, 2.05) is 30.3 Å². The SMILES string of the molecule is NC=O.O=C(NCc1ccc(Cl)cc1)C1=NOC2(CCN(c3ccc(Cl)c(Cl)c3)CC2)C1. The molecule has 0 saturated carbocycles. The third kappa shape index (κ3) is 6.06. The zero-order valence-corrected chi connectivity index (χ0v) is 19.5. The summed E-state index contributed by atoms with van der Waals surface area (Å²) in [6.07, 6.45) is 2.34. The van der Waals surface area contributed by atoms with Gasteiger partial charge in [0.05, 0.1) is 10.0 Å². The molecule has 2 amide bonds. The van der Waals surface area contributed by atoms with Crippen LogP contribution in [0.2, 0.25) is 15.1 Å². The largest absolute Gasteiger partial charge is 0.388 e. The summed E-state index contributed by atoms with van der Waals surface area (Å²) in [6, 6.07) is 13.0. The van der Waals surface area contributed by atoms with Crippen LogP contribution in [0.4, 0.5) is 5.69 Å². The number of nitrogens with two attached hydrogens (primary N) is 1. The number of carbonyl (C=O) groups excluding carboxylic acids is 2. The highest BCUT2D eigenvalue weighted by Gasteiger charge is 2.43. The molecule has 3 N–H and O–H groups in total. The van der Waals surface area contributed by atoms with E-state index in [9.17, 15) is 4.79 Å². The van der Waals surface area contributed by atoms with Crippen molar-refractivity contribution < 1.29 is 14.4 Å². The zero-order valence-electron chi connectivity index (χ0n) is 17.2. The number of nitrogens with zero attached hydrogens (tertiary/aromatic N) is 2. The molecular weight excluding hydrogens is 475 g/mol. The molecule has 2 aromatic carbocycles. The van der Waals surface area contributed by atoms with E-state index in [0.29, 0.717) is 33.7 Å². The van der Waals surface area contributed by atoms with Gasteiger partial charge in [0, 0.05) is 49.6 Å². The Morgan fingerprint density at radius 2 is 1.78 bits per heavy atom. The Bertz CT molecular complexity index is 990. The summed E-state index contributed by atoms with van der Waals surface area (Å²) in [5.41, 5.74) is 6.22. The number of primary amides is 1. The van der Waals surface area contributed by atoms with Crippen LogP contribution < -0.4 is 16.0 Å². The molecule has 10 heteroatoms. The molecule has 0 aliphatic carbocycles. The molecule has 7 nitrogen and oxygen atoms in total. The summed E-state index contributed by atoms with van der Waals surface area (Å²) in [6.45, 7) is 2.02. The van der Waals surface area contributed by atoms with Crippen molar-refractivity contribution in [3.05, 3.63) is 63.1 Å². The molecule has 2 aliphatic rings. The van der Waals surface area contributed by atoms with Crippen LogP contribution in [0.25, 0.3) is 0 Å². The molecule has 4 rings (SSSR count). The second-order valence-corrected chi connectivity index (χ2v) is 8.77. The molecule has 2 aromatic rings. The molecule has 1 saturated heterocycles. The maximum absolute atomic E-state index is 12.5. The van der Waals surface area contributed by atoms with Crippen LogP contribution >= 0.6 is 34.8 Å². The van der Waals surface area contributed by atoms with E-state index in [1.165, 1.54) is 0 Å². The van der Waals surface area contributed by atoms with E-state index < -0.39 is 5.60 Å². The molecule has 1 fully saturated rings. The van der Waals surface area contributed by atoms with Crippen LogP contribution in [0.15, 0.2) is 47.6 Å². The van der Waals surface area contributed by atoms with Crippen molar-refractivity contribution in [3.8, 4) is 0 Å². The second kappa shape index (κ2) is 10.9. The number of nitrogens with one attached hydrogen (secondary N) is 1. The standard InChI is InChI=1S/C21H20Cl3N3O2.CH3NO/c22-15-3-1-14(2-4-15)13-25-20(28)19-12-21(29-26-19)7-9-27(10-8-21)16-5-6-17(23)18(24)11-16;2-1-3/h1-6,11H,7-10,12-13H2,(H,25,28);1H,(H2,2,3). The Kier molecular flexibility index (Phi) is 8.23. The smallest absolute Gasteiger partial charge is 0.269 e. The fourth-order valence-corrected chi connectivity index (χ4v) is 4.07. The Balaban J connectivity index is 0.000000913. The van der Waals surface area contributed by atoms with Gasteiger partial charge in [0.25, 0.3) is 5.91 Å². The van der Waals surface area contributed by atoms with Gasteiger partial charge in [0.15, 0.2) is 0 Å². The lowest BCUT2D eigenvalue weighted by Gasteiger charge is -2.38. The summed E-state index contributed by atoms with van der Waals surface area (Å²) in [4.78, 5) is 29.1. The van der Waals surface area contributed by atoms with Crippen molar-refractivity contribution in [1.29, 1.82) is 0 Å². The molecule has 0 atom stereocenters. The lowest BCUT2D eigenvalue weighted by Crippen LogP contribution is -2.45. The monoisotopic (exact) mass is 496 g/mol.